The first kappa shape index (κ1) is 46.0. The number of ether oxygens (including phenoxy) is 4. The molecule has 0 aromatic heterocycles. The largest absolute Gasteiger partial charge is 0.491 e. The first-order chi connectivity index (χ1) is 33.9. The Kier molecular flexibility index (Phi) is 13.2. The highest BCUT2D eigenvalue weighted by molar-refractivity contribution is 5.47. The molecule has 368 valence electrons. The summed E-state index contributed by atoms with van der Waals surface area (Å²) >= 11 is 0. The predicted octanol–water partition coefficient (Wildman–Crippen LogP) is 10.6. The third-order valence-electron chi connectivity index (χ3n) is 19.3. The van der Waals surface area contributed by atoms with Crippen molar-refractivity contribution in [3.8, 4) is 23.0 Å². The highest BCUT2D eigenvalue weighted by Gasteiger charge is 2.55. The highest BCUT2D eigenvalue weighted by atomic mass is 16.5. The number of nitrogens with zero attached hydrogens (tertiary/aromatic N) is 2. The van der Waals surface area contributed by atoms with Crippen molar-refractivity contribution >= 4 is 0 Å². The van der Waals surface area contributed by atoms with Crippen LogP contribution in [0.5, 0.6) is 23.0 Å². The molecule has 4 aromatic rings. The van der Waals surface area contributed by atoms with Crippen LogP contribution in [0.4, 0.5) is 0 Å². The summed E-state index contributed by atoms with van der Waals surface area (Å²) in [5.74, 6) is 6.58. The van der Waals surface area contributed by atoms with Crippen molar-refractivity contribution in [3.05, 3.63) is 118 Å². The van der Waals surface area contributed by atoms with E-state index in [0.29, 0.717) is 12.1 Å². The van der Waals surface area contributed by atoms with E-state index in [0.717, 1.165) is 53.1 Å². The quantitative estimate of drug-likeness (QED) is 0.102. The van der Waals surface area contributed by atoms with Gasteiger partial charge >= 0.3 is 0 Å². The summed E-state index contributed by atoms with van der Waals surface area (Å²) in [5.41, 5.74) is 9.06. The molecule has 2 heterocycles. The summed E-state index contributed by atoms with van der Waals surface area (Å²) in [7, 11) is 0. The van der Waals surface area contributed by atoms with Crippen LogP contribution in [0.25, 0.3) is 0 Å². The number of aliphatic hydroxyl groups excluding tert-OH is 2. The van der Waals surface area contributed by atoms with Crippen molar-refractivity contribution in [1.29, 1.82) is 0 Å². The topological polar surface area (TPSA) is 83.9 Å². The summed E-state index contributed by atoms with van der Waals surface area (Å²) in [5, 5.41) is 21.8. The van der Waals surface area contributed by atoms with E-state index in [4.69, 9.17) is 18.9 Å². The fourth-order valence-corrected chi connectivity index (χ4v) is 15.3. The maximum atomic E-state index is 10.9. The number of hydrogen-bond donors (Lipinski definition) is 2. The standard InChI is InChI=1S/C61H78N2O6/c64-48(40-68-52-23-17-46-32-58-54-11-1-3-25-60(54,56(46)34-52)27-29-62(58)36-44-7-5-8-44)38-66-50-19-13-42(14-20-50)31-43-15-21-51(22-16-43)67-39-49(65)41-69-53-24-18-47-33-59-55-12-2-4-26-61(55,57(47)35-53)28-30-63(59)37-45-9-6-10-45/h13-24,34-35,44-45,48-49,54-55,58-59,64-65H,1-12,25-33,36-41H2/t48?,49?,54-,55-,58?,59?,60+,61+/m0/s1. The lowest BCUT2D eigenvalue weighted by molar-refractivity contribution is -0.0241. The minimum Gasteiger partial charge on any atom is -0.491 e. The second-order valence-electron chi connectivity index (χ2n) is 23.3. The number of piperidine rings is 2. The van der Waals surface area contributed by atoms with Crippen LogP contribution in [0.2, 0.25) is 0 Å². The van der Waals surface area contributed by atoms with Crippen molar-refractivity contribution in [2.75, 3.05) is 52.6 Å². The van der Waals surface area contributed by atoms with E-state index >= 15 is 0 Å². The molecular weight excluding hydrogens is 857 g/mol. The van der Waals surface area contributed by atoms with Crippen LogP contribution in [0.3, 0.4) is 0 Å². The summed E-state index contributed by atoms with van der Waals surface area (Å²) in [4.78, 5) is 5.78. The van der Waals surface area contributed by atoms with Crippen molar-refractivity contribution in [3.63, 3.8) is 0 Å². The molecule has 6 fully saturated rings. The Morgan fingerprint density at radius 3 is 1.28 bits per heavy atom. The Hall–Kier alpha value is -4.08. The third kappa shape index (κ3) is 9.35. The number of likely N-dealkylation sites (tertiary alicyclic amines) is 2. The fourth-order valence-electron chi connectivity index (χ4n) is 15.3. The minimum absolute atomic E-state index is 0.172. The molecule has 4 bridgehead atoms. The molecule has 2 aliphatic heterocycles. The Bertz CT molecular complexity index is 2220. The molecule has 8 heteroatoms. The van der Waals surface area contributed by atoms with Gasteiger partial charge in [0.15, 0.2) is 0 Å². The second-order valence-corrected chi connectivity index (χ2v) is 23.3. The molecule has 12 rings (SSSR count). The van der Waals surface area contributed by atoms with Gasteiger partial charge in [-0.15, -0.1) is 0 Å². The molecule has 4 aromatic carbocycles. The monoisotopic (exact) mass is 935 g/mol. The van der Waals surface area contributed by atoms with Gasteiger partial charge in [0.05, 0.1) is 0 Å². The van der Waals surface area contributed by atoms with Crippen LogP contribution in [0.1, 0.15) is 136 Å². The Morgan fingerprint density at radius 2 is 0.870 bits per heavy atom. The van der Waals surface area contributed by atoms with E-state index in [1.54, 1.807) is 11.1 Å². The maximum Gasteiger partial charge on any atom is 0.122 e. The van der Waals surface area contributed by atoms with Crippen LogP contribution in [-0.2, 0) is 30.1 Å². The van der Waals surface area contributed by atoms with Crippen LogP contribution < -0.4 is 18.9 Å². The zero-order valence-electron chi connectivity index (χ0n) is 41.2. The van der Waals surface area contributed by atoms with Gasteiger partial charge in [0, 0.05) is 36.0 Å². The van der Waals surface area contributed by atoms with Crippen molar-refractivity contribution in [2.45, 2.75) is 157 Å². The lowest BCUT2D eigenvalue weighted by Gasteiger charge is -2.59. The molecule has 2 N–H and O–H groups in total. The van der Waals surface area contributed by atoms with Gasteiger partial charge in [-0.05, 0) is 202 Å². The summed E-state index contributed by atoms with van der Waals surface area (Å²) in [6, 6.07) is 31.2. The van der Waals surface area contributed by atoms with Crippen LogP contribution in [0.15, 0.2) is 84.9 Å². The number of benzene rings is 4. The van der Waals surface area contributed by atoms with Crippen LogP contribution in [-0.4, -0.2) is 96.9 Å². The van der Waals surface area contributed by atoms with Crippen LogP contribution >= 0.6 is 0 Å². The van der Waals surface area contributed by atoms with Gasteiger partial charge in [-0.2, -0.15) is 0 Å². The number of fused-ring (bicyclic) bond motifs is 2. The van der Waals surface area contributed by atoms with E-state index in [2.05, 4.69) is 70.5 Å². The molecular formula is C61H78N2O6. The fraction of sp³-hybridized carbons (Fsp3) is 0.607. The van der Waals surface area contributed by atoms with Gasteiger partial charge in [0.1, 0.15) is 61.6 Å². The zero-order chi connectivity index (χ0) is 46.4. The minimum atomic E-state index is -0.735. The van der Waals surface area contributed by atoms with E-state index in [1.165, 1.54) is 164 Å². The molecule has 4 unspecified atom stereocenters. The second kappa shape index (κ2) is 19.8. The predicted molar refractivity (Wildman–Crippen MR) is 272 cm³/mol. The molecule has 0 spiro atoms. The molecule has 69 heavy (non-hydrogen) atoms. The van der Waals surface area contributed by atoms with Gasteiger partial charge in [-0.25, -0.2) is 0 Å². The van der Waals surface area contributed by atoms with E-state index in [1.807, 2.05) is 24.3 Å². The molecule has 2 saturated heterocycles. The van der Waals surface area contributed by atoms with Crippen LogP contribution in [0, 0.1) is 23.7 Å². The lowest BCUT2D eigenvalue weighted by atomic mass is 9.52. The molecule has 8 aliphatic rings. The number of rotatable bonds is 18. The summed E-state index contributed by atoms with van der Waals surface area (Å²) in [6.45, 7) is 5.85. The zero-order valence-corrected chi connectivity index (χ0v) is 41.2. The molecule has 8 nitrogen and oxygen atoms in total. The number of aliphatic hydroxyl groups is 2. The first-order valence-corrected chi connectivity index (χ1v) is 27.7. The molecule has 8 atom stereocenters. The van der Waals surface area contributed by atoms with E-state index < -0.39 is 12.2 Å². The highest BCUT2D eigenvalue weighted by Crippen LogP contribution is 2.58. The maximum absolute atomic E-state index is 10.9. The molecule has 4 saturated carbocycles. The van der Waals surface area contributed by atoms with Gasteiger partial charge in [-0.3, -0.25) is 9.80 Å². The number of hydrogen-bond acceptors (Lipinski definition) is 8. The SMILES string of the molecule is OC(COc1ccc(Cc2ccc(OCC(O)COc3ccc4c(c3)[C@@]35CCCC[C@H]3C(C4)N(CC3CCC3)CC5)cc2)cc1)COc1ccc2c(c1)[C@@]13CCCC[C@H]1C(C2)N(CC1CCC1)CC3. The Morgan fingerprint density at radius 1 is 0.464 bits per heavy atom. The van der Waals surface area contributed by atoms with E-state index in [-0.39, 0.29) is 37.3 Å². The summed E-state index contributed by atoms with van der Waals surface area (Å²) in [6.07, 6.45) is 23.5. The third-order valence-corrected chi connectivity index (χ3v) is 19.3. The molecule has 0 radical (unpaired) electrons. The van der Waals surface area contributed by atoms with Gasteiger partial charge < -0.3 is 29.2 Å². The smallest absolute Gasteiger partial charge is 0.122 e. The van der Waals surface area contributed by atoms with Gasteiger partial charge in [0.2, 0.25) is 0 Å². The normalized spacial score (nSPS) is 29.5. The van der Waals surface area contributed by atoms with E-state index in [9.17, 15) is 10.2 Å². The average Bonchev–Trinajstić information content (AvgIpc) is 3.35. The van der Waals surface area contributed by atoms with Crippen molar-refractivity contribution in [2.24, 2.45) is 23.7 Å². The van der Waals surface area contributed by atoms with Gasteiger partial charge in [-0.1, -0.05) is 74.9 Å². The Balaban J connectivity index is 0.581. The molecule has 6 aliphatic carbocycles. The molecule has 0 amide bonds. The van der Waals surface area contributed by atoms with Crippen molar-refractivity contribution < 1.29 is 29.2 Å². The average molecular weight is 935 g/mol. The Labute approximate surface area is 412 Å². The summed E-state index contributed by atoms with van der Waals surface area (Å²) < 4.78 is 24.6. The van der Waals surface area contributed by atoms with Crippen molar-refractivity contribution in [1.82, 2.24) is 9.80 Å². The first-order valence-electron chi connectivity index (χ1n) is 27.7. The lowest BCUT2D eigenvalue weighted by Crippen LogP contribution is -2.61. The van der Waals surface area contributed by atoms with Gasteiger partial charge in [0.25, 0.3) is 0 Å².